The molecule has 1 amide bonds. The summed E-state index contributed by atoms with van der Waals surface area (Å²) in [5.74, 6) is 0.913. The second kappa shape index (κ2) is 8.37. The van der Waals surface area contributed by atoms with E-state index < -0.39 is 0 Å². The number of hydrogen-bond donors (Lipinski definition) is 2. The van der Waals surface area contributed by atoms with Crippen LogP contribution in [-0.4, -0.2) is 30.5 Å². The van der Waals surface area contributed by atoms with Gasteiger partial charge in [0.25, 0.3) is 0 Å². The SMILES string of the molecule is Cc1csc(CCCCNC(=O)CCC2CCNC2)n1. The highest BCUT2D eigenvalue weighted by Gasteiger charge is 2.15. The molecule has 1 aliphatic heterocycles. The smallest absolute Gasteiger partial charge is 0.220 e. The number of nitrogens with zero attached hydrogens (tertiary/aromatic N) is 1. The normalized spacial score (nSPS) is 18.4. The van der Waals surface area contributed by atoms with Crippen LogP contribution in [0.15, 0.2) is 5.38 Å². The predicted molar refractivity (Wildman–Crippen MR) is 83.0 cm³/mol. The maximum absolute atomic E-state index is 11.7. The van der Waals surface area contributed by atoms with E-state index in [1.165, 1.54) is 11.4 Å². The molecule has 1 aromatic heterocycles. The van der Waals surface area contributed by atoms with E-state index in [2.05, 4.69) is 21.0 Å². The third-order valence-electron chi connectivity index (χ3n) is 3.75. The van der Waals surface area contributed by atoms with Crippen molar-refractivity contribution < 1.29 is 4.79 Å². The van der Waals surface area contributed by atoms with Crippen LogP contribution in [0, 0.1) is 12.8 Å². The lowest BCUT2D eigenvalue weighted by Gasteiger charge is -2.08. The zero-order chi connectivity index (χ0) is 14.2. The Hall–Kier alpha value is -0.940. The molecule has 0 spiro atoms. The fourth-order valence-corrected chi connectivity index (χ4v) is 3.35. The monoisotopic (exact) mass is 295 g/mol. The highest BCUT2D eigenvalue weighted by atomic mass is 32.1. The molecule has 1 aromatic rings. The van der Waals surface area contributed by atoms with Crippen LogP contribution in [-0.2, 0) is 11.2 Å². The van der Waals surface area contributed by atoms with Gasteiger partial charge in [-0.3, -0.25) is 4.79 Å². The first-order valence-electron chi connectivity index (χ1n) is 7.62. The Morgan fingerprint density at radius 2 is 2.45 bits per heavy atom. The van der Waals surface area contributed by atoms with Crippen LogP contribution in [0.5, 0.6) is 0 Å². The summed E-state index contributed by atoms with van der Waals surface area (Å²) < 4.78 is 0. The van der Waals surface area contributed by atoms with E-state index in [4.69, 9.17) is 0 Å². The molecule has 112 valence electrons. The highest BCUT2D eigenvalue weighted by Crippen LogP contribution is 2.14. The lowest BCUT2D eigenvalue weighted by atomic mass is 10.0. The summed E-state index contributed by atoms with van der Waals surface area (Å²) in [4.78, 5) is 16.1. The molecule has 0 aliphatic carbocycles. The van der Waals surface area contributed by atoms with Crippen LogP contribution in [0.2, 0.25) is 0 Å². The Labute approximate surface area is 125 Å². The molecule has 0 aromatic carbocycles. The molecule has 1 fully saturated rings. The largest absolute Gasteiger partial charge is 0.356 e. The Morgan fingerprint density at radius 3 is 3.15 bits per heavy atom. The van der Waals surface area contributed by atoms with Gasteiger partial charge < -0.3 is 10.6 Å². The van der Waals surface area contributed by atoms with Crippen LogP contribution in [0.25, 0.3) is 0 Å². The van der Waals surface area contributed by atoms with E-state index in [0.717, 1.165) is 51.0 Å². The molecule has 0 saturated carbocycles. The molecule has 2 rings (SSSR count). The van der Waals surface area contributed by atoms with Crippen molar-refractivity contribution in [3.63, 3.8) is 0 Å². The number of unbranched alkanes of at least 4 members (excludes halogenated alkanes) is 1. The maximum Gasteiger partial charge on any atom is 0.220 e. The zero-order valence-electron chi connectivity index (χ0n) is 12.3. The van der Waals surface area contributed by atoms with Gasteiger partial charge in [0.1, 0.15) is 0 Å². The van der Waals surface area contributed by atoms with E-state index in [9.17, 15) is 4.79 Å². The lowest BCUT2D eigenvalue weighted by molar-refractivity contribution is -0.121. The summed E-state index contributed by atoms with van der Waals surface area (Å²) in [6, 6.07) is 0. The zero-order valence-corrected chi connectivity index (χ0v) is 13.1. The van der Waals surface area contributed by atoms with E-state index in [-0.39, 0.29) is 5.91 Å². The number of amides is 1. The van der Waals surface area contributed by atoms with Gasteiger partial charge in [0.05, 0.1) is 5.01 Å². The van der Waals surface area contributed by atoms with Crippen LogP contribution in [0.1, 0.15) is 42.8 Å². The minimum Gasteiger partial charge on any atom is -0.356 e. The van der Waals surface area contributed by atoms with Crippen molar-refractivity contribution in [1.82, 2.24) is 15.6 Å². The van der Waals surface area contributed by atoms with Gasteiger partial charge in [-0.05, 0) is 58.0 Å². The predicted octanol–water partition coefficient (Wildman–Crippen LogP) is 2.28. The Bertz CT molecular complexity index is 413. The second-order valence-corrected chi connectivity index (χ2v) is 6.53. The van der Waals surface area contributed by atoms with Crippen molar-refractivity contribution in [1.29, 1.82) is 0 Å². The lowest BCUT2D eigenvalue weighted by Crippen LogP contribution is -2.25. The molecule has 1 saturated heterocycles. The molecule has 1 unspecified atom stereocenters. The number of hydrogen-bond acceptors (Lipinski definition) is 4. The average molecular weight is 295 g/mol. The molecule has 1 atom stereocenters. The summed E-state index contributed by atoms with van der Waals surface area (Å²) in [5, 5.41) is 9.66. The van der Waals surface area contributed by atoms with Crippen molar-refractivity contribution in [3.8, 4) is 0 Å². The molecule has 5 heteroatoms. The molecule has 0 radical (unpaired) electrons. The van der Waals surface area contributed by atoms with Crippen molar-refractivity contribution in [3.05, 3.63) is 16.1 Å². The van der Waals surface area contributed by atoms with Gasteiger partial charge in [0.2, 0.25) is 5.91 Å². The van der Waals surface area contributed by atoms with Gasteiger partial charge in [-0.25, -0.2) is 4.98 Å². The summed E-state index contributed by atoms with van der Waals surface area (Å²) >= 11 is 1.73. The number of thiazole rings is 1. The number of aryl methyl sites for hydroxylation is 2. The molecular formula is C15H25N3OS. The highest BCUT2D eigenvalue weighted by molar-refractivity contribution is 7.09. The Balaban J connectivity index is 1.46. The van der Waals surface area contributed by atoms with Crippen molar-refractivity contribution >= 4 is 17.2 Å². The van der Waals surface area contributed by atoms with Crippen LogP contribution < -0.4 is 10.6 Å². The Morgan fingerprint density at radius 1 is 1.55 bits per heavy atom. The minimum absolute atomic E-state index is 0.210. The van der Waals surface area contributed by atoms with Crippen molar-refractivity contribution in [2.24, 2.45) is 5.92 Å². The van der Waals surface area contributed by atoms with Gasteiger partial charge in [-0.1, -0.05) is 0 Å². The number of nitrogens with one attached hydrogen (secondary N) is 2. The molecule has 1 aliphatic rings. The average Bonchev–Trinajstić information content (AvgIpc) is 3.07. The van der Waals surface area contributed by atoms with E-state index >= 15 is 0 Å². The number of aromatic nitrogens is 1. The summed E-state index contributed by atoms with van der Waals surface area (Å²) in [6.45, 7) is 5.02. The fourth-order valence-electron chi connectivity index (χ4n) is 2.53. The van der Waals surface area contributed by atoms with Gasteiger partial charge >= 0.3 is 0 Å². The quantitative estimate of drug-likeness (QED) is 0.724. The first-order valence-corrected chi connectivity index (χ1v) is 8.50. The molecule has 2 N–H and O–H groups in total. The molecule has 20 heavy (non-hydrogen) atoms. The molecule has 2 heterocycles. The number of rotatable bonds is 8. The third kappa shape index (κ3) is 5.59. The van der Waals surface area contributed by atoms with Crippen LogP contribution >= 0.6 is 11.3 Å². The van der Waals surface area contributed by atoms with Crippen LogP contribution in [0.4, 0.5) is 0 Å². The van der Waals surface area contributed by atoms with Gasteiger partial charge in [-0.15, -0.1) is 11.3 Å². The summed E-state index contributed by atoms with van der Waals surface area (Å²) in [6.07, 6.45) is 6.09. The van der Waals surface area contributed by atoms with Gasteiger partial charge in [0.15, 0.2) is 0 Å². The Kier molecular flexibility index (Phi) is 6.47. The van der Waals surface area contributed by atoms with E-state index in [1.807, 2.05) is 6.92 Å². The van der Waals surface area contributed by atoms with Crippen molar-refractivity contribution in [2.45, 2.75) is 45.4 Å². The summed E-state index contributed by atoms with van der Waals surface area (Å²) in [7, 11) is 0. The topological polar surface area (TPSA) is 54.0 Å². The van der Waals surface area contributed by atoms with Gasteiger partial charge in [0, 0.05) is 24.0 Å². The standard InChI is InChI=1S/C15H25N3OS/c1-12-11-20-15(18-12)4-2-3-8-17-14(19)6-5-13-7-9-16-10-13/h11,13,16H,2-10H2,1H3,(H,17,19). The molecular weight excluding hydrogens is 270 g/mol. The first kappa shape index (κ1) is 15.4. The van der Waals surface area contributed by atoms with E-state index in [0.29, 0.717) is 12.3 Å². The maximum atomic E-state index is 11.7. The first-order chi connectivity index (χ1) is 9.74. The summed E-state index contributed by atoms with van der Waals surface area (Å²) in [5.41, 5.74) is 1.11. The number of carbonyl (C=O) groups is 1. The van der Waals surface area contributed by atoms with Crippen LogP contribution in [0.3, 0.4) is 0 Å². The van der Waals surface area contributed by atoms with E-state index in [1.54, 1.807) is 11.3 Å². The molecule has 0 bridgehead atoms. The second-order valence-electron chi connectivity index (χ2n) is 5.59. The fraction of sp³-hybridized carbons (Fsp3) is 0.733. The van der Waals surface area contributed by atoms with Crippen molar-refractivity contribution in [2.75, 3.05) is 19.6 Å². The minimum atomic E-state index is 0.210. The number of carbonyl (C=O) groups excluding carboxylic acids is 1. The van der Waals surface area contributed by atoms with Gasteiger partial charge in [-0.2, -0.15) is 0 Å². The molecule has 4 nitrogen and oxygen atoms in total. The third-order valence-corrected chi connectivity index (χ3v) is 4.77.